The normalized spacial score (nSPS) is 12.2. The summed E-state index contributed by atoms with van der Waals surface area (Å²) < 4.78 is 44.8. The molecule has 10 heteroatoms. The van der Waals surface area contributed by atoms with Crippen LogP contribution in [0.25, 0.3) is 0 Å². The highest BCUT2D eigenvalue weighted by Crippen LogP contribution is 2.24. The Morgan fingerprint density at radius 1 is 1.11 bits per heavy atom. The maximum Gasteiger partial charge on any atom is 0.243 e. The maximum absolute atomic E-state index is 13.4. The van der Waals surface area contributed by atoms with Crippen molar-refractivity contribution in [1.82, 2.24) is 10.2 Å². The fraction of sp³-hybridized carbons (Fsp3) is 0.462. The number of nitrogens with one attached hydrogen (secondary N) is 1. The fourth-order valence-corrected chi connectivity index (χ4v) is 4.81. The summed E-state index contributed by atoms with van der Waals surface area (Å²) >= 11 is 0. The minimum atomic E-state index is -3.61. The van der Waals surface area contributed by atoms with E-state index in [1.807, 2.05) is 20.8 Å². The fourth-order valence-electron chi connectivity index (χ4n) is 3.86. The molecular weight excluding hydrogens is 485 g/mol. The van der Waals surface area contributed by atoms with Crippen molar-refractivity contribution in [2.75, 3.05) is 24.2 Å². The molecule has 1 N–H and O–H groups in total. The average molecular weight is 522 g/mol. The van der Waals surface area contributed by atoms with Gasteiger partial charge in [0.1, 0.15) is 17.6 Å². The van der Waals surface area contributed by atoms with Crippen molar-refractivity contribution < 1.29 is 27.1 Å². The molecule has 8 nitrogen and oxygen atoms in total. The number of halogens is 1. The van der Waals surface area contributed by atoms with Crippen LogP contribution in [0.15, 0.2) is 48.5 Å². The number of nitrogens with zero attached hydrogens (tertiary/aromatic N) is 2. The molecule has 1 atom stereocenters. The summed E-state index contributed by atoms with van der Waals surface area (Å²) in [5.41, 5.74) is 1.13. The molecule has 0 spiro atoms. The number of hydrogen-bond acceptors (Lipinski definition) is 5. The van der Waals surface area contributed by atoms with Crippen LogP contribution in [0, 0.1) is 5.82 Å². The second-order valence-corrected chi connectivity index (χ2v) is 10.8. The zero-order valence-electron chi connectivity index (χ0n) is 21.5. The van der Waals surface area contributed by atoms with Gasteiger partial charge in [-0.2, -0.15) is 0 Å². The Bertz CT molecular complexity index is 1120. The molecule has 0 aliphatic rings. The molecule has 0 aliphatic carbocycles. The van der Waals surface area contributed by atoms with E-state index in [0.29, 0.717) is 23.4 Å². The summed E-state index contributed by atoms with van der Waals surface area (Å²) in [5, 5.41) is 2.86. The third-order valence-electron chi connectivity index (χ3n) is 5.58. The number of carbonyl (C=O) groups excluding carboxylic acids is 2. The Morgan fingerprint density at radius 2 is 1.78 bits per heavy atom. The summed E-state index contributed by atoms with van der Waals surface area (Å²) in [6.45, 7) is 5.72. The molecule has 0 aliphatic heterocycles. The predicted octanol–water partition coefficient (Wildman–Crippen LogP) is 3.71. The lowest BCUT2D eigenvalue weighted by molar-refractivity contribution is -0.141. The van der Waals surface area contributed by atoms with E-state index in [-0.39, 0.29) is 49.6 Å². The third-order valence-corrected chi connectivity index (χ3v) is 6.77. The molecule has 0 fully saturated rings. The van der Waals surface area contributed by atoms with E-state index in [0.717, 1.165) is 6.26 Å². The summed E-state index contributed by atoms with van der Waals surface area (Å²) in [7, 11) is -2.11. The molecule has 1 unspecified atom stereocenters. The van der Waals surface area contributed by atoms with Gasteiger partial charge in [0, 0.05) is 31.6 Å². The minimum Gasteiger partial charge on any atom is -0.497 e. The van der Waals surface area contributed by atoms with E-state index in [2.05, 4.69) is 5.32 Å². The van der Waals surface area contributed by atoms with Gasteiger partial charge in [0.05, 0.1) is 19.1 Å². The largest absolute Gasteiger partial charge is 0.497 e. The van der Waals surface area contributed by atoms with E-state index in [4.69, 9.17) is 4.74 Å². The highest BCUT2D eigenvalue weighted by atomic mass is 32.2. The van der Waals surface area contributed by atoms with Gasteiger partial charge in [-0.1, -0.05) is 25.1 Å². The van der Waals surface area contributed by atoms with Crippen molar-refractivity contribution in [2.24, 2.45) is 0 Å². The van der Waals surface area contributed by atoms with Crippen molar-refractivity contribution in [3.8, 4) is 5.75 Å². The Kier molecular flexibility index (Phi) is 10.7. The SMILES string of the molecule is CCC(C(=O)NC(C)C)N(Cc1ccc(F)cc1)C(=O)CCCN(c1cccc(OC)c1)S(C)(=O)=O. The average Bonchev–Trinajstić information content (AvgIpc) is 2.81. The van der Waals surface area contributed by atoms with E-state index in [1.165, 1.54) is 28.4 Å². The number of amides is 2. The van der Waals surface area contributed by atoms with Crippen LogP contribution < -0.4 is 14.4 Å². The standard InChI is InChI=1S/C26H36FN3O5S/c1-6-24(26(32)28-19(2)3)29(18-20-12-14-21(27)15-13-20)25(31)11-8-16-30(36(5,33)34)22-9-7-10-23(17-22)35-4/h7,9-10,12-15,17,19,24H,6,8,11,16,18H2,1-5H3,(H,28,32). The summed E-state index contributed by atoms with van der Waals surface area (Å²) in [6.07, 6.45) is 1.77. The second kappa shape index (κ2) is 13.2. The summed E-state index contributed by atoms with van der Waals surface area (Å²) in [5.74, 6) is -0.425. The minimum absolute atomic E-state index is 0.0304. The van der Waals surface area contributed by atoms with Crippen LogP contribution in [0.3, 0.4) is 0 Å². The number of ether oxygens (including phenoxy) is 1. The molecule has 198 valence electrons. The maximum atomic E-state index is 13.4. The first-order valence-corrected chi connectivity index (χ1v) is 13.8. The lowest BCUT2D eigenvalue weighted by atomic mass is 10.1. The zero-order chi connectivity index (χ0) is 26.9. The Hall–Kier alpha value is -3.14. The number of methoxy groups -OCH3 is 1. The lowest BCUT2D eigenvalue weighted by Crippen LogP contribution is -2.50. The van der Waals surface area contributed by atoms with Gasteiger partial charge in [0.15, 0.2) is 0 Å². The molecule has 2 aromatic carbocycles. The number of hydrogen-bond donors (Lipinski definition) is 1. The van der Waals surface area contributed by atoms with E-state index < -0.39 is 16.1 Å². The second-order valence-electron chi connectivity index (χ2n) is 8.88. The van der Waals surface area contributed by atoms with E-state index in [9.17, 15) is 22.4 Å². The van der Waals surface area contributed by atoms with Gasteiger partial charge in [-0.25, -0.2) is 12.8 Å². The first kappa shape index (κ1) is 29.1. The summed E-state index contributed by atoms with van der Waals surface area (Å²) in [6, 6.07) is 11.7. The van der Waals surface area contributed by atoms with Gasteiger partial charge in [-0.15, -0.1) is 0 Å². The quantitative estimate of drug-likeness (QED) is 0.434. The molecular formula is C26H36FN3O5S. The zero-order valence-corrected chi connectivity index (χ0v) is 22.3. The van der Waals surface area contributed by atoms with Gasteiger partial charge in [-0.3, -0.25) is 13.9 Å². The van der Waals surface area contributed by atoms with Crippen LogP contribution in [-0.4, -0.2) is 57.1 Å². The summed E-state index contributed by atoms with van der Waals surface area (Å²) in [4.78, 5) is 27.7. The number of rotatable bonds is 13. The van der Waals surface area contributed by atoms with Crippen LogP contribution >= 0.6 is 0 Å². The molecule has 0 saturated heterocycles. The van der Waals surface area contributed by atoms with Crippen molar-refractivity contribution in [3.63, 3.8) is 0 Å². The van der Waals surface area contributed by atoms with Crippen LogP contribution in [0.4, 0.5) is 10.1 Å². The van der Waals surface area contributed by atoms with Crippen molar-refractivity contribution in [2.45, 2.75) is 58.7 Å². The van der Waals surface area contributed by atoms with Crippen molar-refractivity contribution >= 4 is 27.5 Å². The van der Waals surface area contributed by atoms with Crippen LogP contribution in [0.2, 0.25) is 0 Å². The first-order valence-electron chi connectivity index (χ1n) is 11.9. The molecule has 2 aromatic rings. The first-order chi connectivity index (χ1) is 17.0. The topological polar surface area (TPSA) is 96.0 Å². The molecule has 0 radical (unpaired) electrons. The van der Waals surface area contributed by atoms with Gasteiger partial charge >= 0.3 is 0 Å². The number of benzene rings is 2. The van der Waals surface area contributed by atoms with Gasteiger partial charge < -0.3 is 15.0 Å². The highest BCUT2D eigenvalue weighted by Gasteiger charge is 2.29. The van der Waals surface area contributed by atoms with Crippen molar-refractivity contribution in [1.29, 1.82) is 0 Å². The number of sulfonamides is 1. The molecule has 2 amide bonds. The number of carbonyl (C=O) groups is 2. The molecule has 2 rings (SSSR count). The van der Waals surface area contributed by atoms with Crippen LogP contribution in [0.5, 0.6) is 5.75 Å². The lowest BCUT2D eigenvalue weighted by Gasteiger charge is -2.31. The predicted molar refractivity (Wildman–Crippen MR) is 139 cm³/mol. The van der Waals surface area contributed by atoms with Gasteiger partial charge in [-0.05, 0) is 56.5 Å². The van der Waals surface area contributed by atoms with Crippen LogP contribution in [-0.2, 0) is 26.2 Å². The van der Waals surface area contributed by atoms with Crippen LogP contribution in [0.1, 0.15) is 45.6 Å². The smallest absolute Gasteiger partial charge is 0.243 e. The Morgan fingerprint density at radius 3 is 2.33 bits per heavy atom. The Balaban J connectivity index is 2.22. The molecule has 0 heterocycles. The molecule has 36 heavy (non-hydrogen) atoms. The Labute approximate surface area is 213 Å². The monoisotopic (exact) mass is 521 g/mol. The number of anilines is 1. The highest BCUT2D eigenvalue weighted by molar-refractivity contribution is 7.92. The molecule has 0 bridgehead atoms. The van der Waals surface area contributed by atoms with Gasteiger partial charge in [0.25, 0.3) is 0 Å². The van der Waals surface area contributed by atoms with E-state index >= 15 is 0 Å². The molecule has 0 saturated carbocycles. The third kappa shape index (κ3) is 8.51. The van der Waals surface area contributed by atoms with Crippen molar-refractivity contribution in [3.05, 3.63) is 59.9 Å². The molecule has 0 aromatic heterocycles. The van der Waals surface area contributed by atoms with E-state index in [1.54, 1.807) is 36.4 Å². The van der Waals surface area contributed by atoms with Gasteiger partial charge in [0.2, 0.25) is 21.8 Å².